The fraction of sp³-hybridized carbons (Fsp3) is 0.969. The van der Waals surface area contributed by atoms with E-state index in [0.29, 0.717) is 6.42 Å². The van der Waals surface area contributed by atoms with Crippen LogP contribution < -0.4 is 0 Å². The van der Waals surface area contributed by atoms with E-state index in [9.17, 15) is 9.36 Å². The van der Waals surface area contributed by atoms with Crippen molar-refractivity contribution in [2.45, 2.75) is 201 Å². The van der Waals surface area contributed by atoms with Crippen LogP contribution in [0, 0.1) is 0 Å². The average molecular weight is 560 g/mol. The Kier molecular flexibility index (Phi) is 22.1. The van der Waals surface area contributed by atoms with Crippen LogP contribution in [0.2, 0.25) is 0 Å². The second kappa shape index (κ2) is 22.3. The van der Waals surface area contributed by atoms with Crippen LogP contribution in [-0.4, -0.2) is 40.8 Å². The third-order valence-electron chi connectivity index (χ3n) is 7.48. The first-order chi connectivity index (χ1) is 18.1. The predicted octanol–water partition coefficient (Wildman–Crippen LogP) is 10.7. The number of unbranched alkanes of at least 4 members (excludes halogenated alkanes) is 9. The molecule has 0 heterocycles. The van der Waals surface area contributed by atoms with E-state index in [4.69, 9.17) is 9.05 Å². The lowest BCUT2D eigenvalue weighted by Crippen LogP contribution is -2.51. The van der Waals surface area contributed by atoms with Gasteiger partial charge in [0.2, 0.25) is 5.91 Å². The highest BCUT2D eigenvalue weighted by atomic mass is 31.2. The molecule has 0 aliphatic heterocycles. The number of nitrogens with zero attached hydrogens (tertiary/aromatic N) is 1. The molecule has 6 heteroatoms. The molecule has 3 unspecified atom stereocenters. The van der Waals surface area contributed by atoms with Crippen LogP contribution in [0.1, 0.15) is 171 Å². The van der Waals surface area contributed by atoms with Crippen molar-refractivity contribution in [3.63, 3.8) is 0 Å². The summed E-state index contributed by atoms with van der Waals surface area (Å²) in [5.74, 6) is 0.00916. The van der Waals surface area contributed by atoms with Crippen LogP contribution in [0.3, 0.4) is 0 Å². The van der Waals surface area contributed by atoms with E-state index >= 15 is 0 Å². The van der Waals surface area contributed by atoms with Gasteiger partial charge in [-0.05, 0) is 59.8 Å². The van der Waals surface area contributed by atoms with Gasteiger partial charge in [-0.2, -0.15) is 0 Å². The summed E-state index contributed by atoms with van der Waals surface area (Å²) >= 11 is 0. The monoisotopic (exact) mass is 559 g/mol. The summed E-state index contributed by atoms with van der Waals surface area (Å²) in [6, 6.07) is 0.332. The third kappa shape index (κ3) is 14.8. The van der Waals surface area contributed by atoms with E-state index < -0.39 is 13.3 Å². The lowest BCUT2D eigenvalue weighted by atomic mass is 9.97. The van der Waals surface area contributed by atoms with E-state index in [-0.39, 0.29) is 30.2 Å². The van der Waals surface area contributed by atoms with Crippen LogP contribution in [-0.2, 0) is 18.4 Å². The van der Waals surface area contributed by atoms with E-state index in [1.54, 1.807) is 0 Å². The van der Waals surface area contributed by atoms with Crippen molar-refractivity contribution < 1.29 is 18.4 Å². The molecule has 38 heavy (non-hydrogen) atoms. The van der Waals surface area contributed by atoms with Crippen molar-refractivity contribution in [2.75, 3.05) is 0 Å². The zero-order chi connectivity index (χ0) is 29.0. The topological polar surface area (TPSA) is 55.8 Å². The second-order valence-corrected chi connectivity index (χ2v) is 13.9. The standard InChI is InChI=1S/C32H66NO4P/c1-10-15-18-19-20-23-26-31(38(35,36-27(6)7)37-28(8)9)32(34)33(29(13-4)24-21-16-11-2)30(14-5)25-22-17-12-3/h27-31H,10-26H2,1-9H3. The molecule has 0 aromatic carbocycles. The molecule has 0 rings (SSSR count). The Morgan fingerprint density at radius 1 is 0.605 bits per heavy atom. The van der Waals surface area contributed by atoms with Gasteiger partial charge >= 0.3 is 7.60 Å². The highest BCUT2D eigenvalue weighted by molar-refractivity contribution is 7.55. The Morgan fingerprint density at radius 2 is 0.974 bits per heavy atom. The van der Waals surface area contributed by atoms with Gasteiger partial charge in [-0.1, -0.05) is 112 Å². The molecular weight excluding hydrogens is 493 g/mol. The van der Waals surface area contributed by atoms with Gasteiger partial charge in [0.1, 0.15) is 5.66 Å². The Balaban J connectivity index is 6.35. The smallest absolute Gasteiger partial charge is 0.336 e. The van der Waals surface area contributed by atoms with Crippen LogP contribution in [0.4, 0.5) is 0 Å². The maximum Gasteiger partial charge on any atom is 0.343 e. The number of carbonyl (C=O) groups excluding carboxylic acids is 1. The third-order valence-corrected chi connectivity index (χ3v) is 10.2. The summed E-state index contributed by atoms with van der Waals surface area (Å²) < 4.78 is 26.7. The number of hydrogen-bond acceptors (Lipinski definition) is 4. The van der Waals surface area contributed by atoms with Gasteiger partial charge in [-0.15, -0.1) is 0 Å². The molecule has 5 nitrogen and oxygen atoms in total. The van der Waals surface area contributed by atoms with Crippen molar-refractivity contribution in [1.82, 2.24) is 4.90 Å². The summed E-state index contributed by atoms with van der Waals surface area (Å²) in [5.41, 5.74) is -0.737. The minimum atomic E-state index is -3.67. The van der Waals surface area contributed by atoms with Crippen molar-refractivity contribution in [3.05, 3.63) is 0 Å². The Labute approximate surface area is 238 Å². The molecule has 0 aliphatic carbocycles. The lowest BCUT2D eigenvalue weighted by molar-refractivity contribution is -0.137. The highest BCUT2D eigenvalue weighted by Gasteiger charge is 2.46. The summed E-state index contributed by atoms with van der Waals surface area (Å²) in [5, 5.41) is 0. The highest BCUT2D eigenvalue weighted by Crippen LogP contribution is 2.57. The maximum absolute atomic E-state index is 14.7. The molecule has 3 atom stereocenters. The maximum atomic E-state index is 14.7. The molecule has 0 saturated heterocycles. The van der Waals surface area contributed by atoms with Crippen LogP contribution in [0.5, 0.6) is 0 Å². The average Bonchev–Trinajstić information content (AvgIpc) is 2.85. The number of carbonyl (C=O) groups is 1. The van der Waals surface area contributed by atoms with E-state index in [1.807, 2.05) is 27.7 Å². The van der Waals surface area contributed by atoms with Crippen LogP contribution in [0.15, 0.2) is 0 Å². The van der Waals surface area contributed by atoms with Gasteiger partial charge in [-0.3, -0.25) is 9.36 Å². The molecular formula is C32H66NO4P. The Bertz CT molecular complexity index is 593. The largest absolute Gasteiger partial charge is 0.343 e. The Hall–Kier alpha value is -0.380. The predicted molar refractivity (Wildman–Crippen MR) is 165 cm³/mol. The minimum absolute atomic E-state index is 0.00916. The Morgan fingerprint density at radius 3 is 1.37 bits per heavy atom. The molecule has 1 amide bonds. The molecule has 0 bridgehead atoms. The number of rotatable bonds is 25. The van der Waals surface area contributed by atoms with Crippen molar-refractivity contribution >= 4 is 13.5 Å². The van der Waals surface area contributed by atoms with E-state index in [1.165, 1.54) is 44.9 Å². The molecule has 0 aliphatic rings. The van der Waals surface area contributed by atoms with Gasteiger partial charge in [0, 0.05) is 12.1 Å². The quantitative estimate of drug-likeness (QED) is 0.0824. The van der Waals surface area contributed by atoms with E-state index in [0.717, 1.165) is 57.8 Å². The fourth-order valence-electron chi connectivity index (χ4n) is 5.46. The summed E-state index contributed by atoms with van der Waals surface area (Å²) in [6.07, 6.45) is 17.5. The minimum Gasteiger partial charge on any atom is -0.336 e. The van der Waals surface area contributed by atoms with Crippen LogP contribution in [0.25, 0.3) is 0 Å². The fourth-order valence-corrected chi connectivity index (χ4v) is 7.89. The van der Waals surface area contributed by atoms with Gasteiger partial charge < -0.3 is 13.9 Å². The van der Waals surface area contributed by atoms with Gasteiger partial charge in [0.15, 0.2) is 0 Å². The zero-order valence-electron chi connectivity index (χ0n) is 26.9. The lowest BCUT2D eigenvalue weighted by Gasteiger charge is -2.41. The van der Waals surface area contributed by atoms with Gasteiger partial charge in [0.25, 0.3) is 0 Å². The molecule has 0 fully saturated rings. The number of amides is 1. The normalized spacial score (nSPS) is 14.7. The number of hydrogen-bond donors (Lipinski definition) is 0. The van der Waals surface area contributed by atoms with E-state index in [2.05, 4.69) is 39.5 Å². The molecule has 0 spiro atoms. The second-order valence-electron chi connectivity index (χ2n) is 11.8. The molecule has 0 radical (unpaired) electrons. The van der Waals surface area contributed by atoms with Crippen molar-refractivity contribution in [1.29, 1.82) is 0 Å². The van der Waals surface area contributed by atoms with Gasteiger partial charge in [0.05, 0.1) is 12.2 Å². The first-order valence-electron chi connectivity index (χ1n) is 16.4. The zero-order valence-corrected chi connectivity index (χ0v) is 27.8. The van der Waals surface area contributed by atoms with Gasteiger partial charge in [-0.25, -0.2) is 0 Å². The molecule has 0 aromatic rings. The molecule has 228 valence electrons. The molecule has 0 aromatic heterocycles. The van der Waals surface area contributed by atoms with Crippen LogP contribution >= 0.6 is 7.60 Å². The summed E-state index contributed by atoms with van der Waals surface area (Å²) in [4.78, 5) is 16.9. The summed E-state index contributed by atoms with van der Waals surface area (Å²) in [7, 11) is -3.67. The van der Waals surface area contributed by atoms with Crippen molar-refractivity contribution in [2.24, 2.45) is 0 Å². The first kappa shape index (κ1) is 37.6. The molecule has 0 saturated carbocycles. The SMILES string of the molecule is CCCCCCCCC(C(=O)N(C(CC)CCCCC)C(CC)CCCCC)P(=O)(OC(C)C)OC(C)C. The van der Waals surface area contributed by atoms with Crippen molar-refractivity contribution in [3.8, 4) is 0 Å². The molecule has 0 N–H and O–H groups in total. The summed E-state index contributed by atoms with van der Waals surface area (Å²) in [6.45, 7) is 18.6. The first-order valence-corrected chi connectivity index (χ1v) is 18.0.